The molecule has 1 aliphatic heterocycles. The summed E-state index contributed by atoms with van der Waals surface area (Å²) < 4.78 is 10.7. The van der Waals surface area contributed by atoms with Gasteiger partial charge in [0.2, 0.25) is 0 Å². The second-order valence-corrected chi connectivity index (χ2v) is 6.96. The minimum Gasteiger partial charge on any atom is -0.507 e. The zero-order valence-electron chi connectivity index (χ0n) is 17.2. The van der Waals surface area contributed by atoms with Crippen LogP contribution in [-0.4, -0.2) is 53.5 Å². The molecule has 1 unspecified atom stereocenters. The molecular formula is C23H23NO7. The Labute approximate surface area is 179 Å². The number of carbonyl (C=O) groups is 3. The van der Waals surface area contributed by atoms with Crippen LogP contribution in [0.15, 0.2) is 54.1 Å². The summed E-state index contributed by atoms with van der Waals surface area (Å²) >= 11 is 0. The van der Waals surface area contributed by atoms with Crippen LogP contribution in [0.2, 0.25) is 0 Å². The maximum atomic E-state index is 13.0. The second-order valence-electron chi connectivity index (χ2n) is 6.96. The lowest BCUT2D eigenvalue weighted by molar-refractivity contribution is -0.140. The summed E-state index contributed by atoms with van der Waals surface area (Å²) in [7, 11) is 2.94. The lowest BCUT2D eigenvalue weighted by Crippen LogP contribution is -2.31. The number of amides is 1. The van der Waals surface area contributed by atoms with Gasteiger partial charge in [0, 0.05) is 24.1 Å². The second kappa shape index (κ2) is 9.34. The highest BCUT2D eigenvalue weighted by molar-refractivity contribution is 6.46. The van der Waals surface area contributed by atoms with E-state index in [4.69, 9.17) is 14.6 Å². The normalized spacial score (nSPS) is 17.6. The molecule has 1 amide bonds. The van der Waals surface area contributed by atoms with Crippen LogP contribution in [-0.2, 0) is 14.4 Å². The molecule has 31 heavy (non-hydrogen) atoms. The molecule has 0 aromatic heterocycles. The number of carbonyl (C=O) groups excluding carboxylic acids is 2. The van der Waals surface area contributed by atoms with Crippen molar-refractivity contribution in [2.75, 3.05) is 20.8 Å². The predicted molar refractivity (Wildman–Crippen MR) is 112 cm³/mol. The molecule has 2 aromatic rings. The van der Waals surface area contributed by atoms with E-state index in [1.807, 2.05) is 0 Å². The lowest BCUT2D eigenvalue weighted by Gasteiger charge is -2.26. The number of aliphatic hydroxyl groups is 1. The zero-order chi connectivity index (χ0) is 22.5. The molecule has 2 N–H and O–H groups in total. The Morgan fingerprint density at radius 1 is 1.03 bits per heavy atom. The number of Topliss-reactive ketones (excluding diaryl/α,β-unsaturated/α-hetero) is 1. The number of rotatable bonds is 8. The van der Waals surface area contributed by atoms with Gasteiger partial charge >= 0.3 is 5.97 Å². The Balaban J connectivity index is 2.19. The van der Waals surface area contributed by atoms with E-state index in [1.54, 1.807) is 48.5 Å². The summed E-state index contributed by atoms with van der Waals surface area (Å²) in [6.45, 7) is 0.0213. The predicted octanol–water partition coefficient (Wildman–Crippen LogP) is 2.99. The molecule has 1 saturated heterocycles. The van der Waals surface area contributed by atoms with Gasteiger partial charge in [0.25, 0.3) is 11.7 Å². The number of hydrogen-bond donors (Lipinski definition) is 2. The number of ether oxygens (including phenoxy) is 2. The summed E-state index contributed by atoms with van der Waals surface area (Å²) in [4.78, 5) is 38.1. The molecule has 1 heterocycles. The molecule has 0 radical (unpaired) electrons. The van der Waals surface area contributed by atoms with Crippen LogP contribution in [0.3, 0.4) is 0 Å². The first kappa shape index (κ1) is 21.9. The van der Waals surface area contributed by atoms with E-state index in [-0.39, 0.29) is 30.7 Å². The minimum atomic E-state index is -1.00. The summed E-state index contributed by atoms with van der Waals surface area (Å²) in [6.07, 6.45) is -0.0137. The molecule has 8 nitrogen and oxygen atoms in total. The molecule has 1 aliphatic rings. The third kappa shape index (κ3) is 4.37. The van der Waals surface area contributed by atoms with Gasteiger partial charge in [-0.2, -0.15) is 0 Å². The molecule has 8 heteroatoms. The highest BCUT2D eigenvalue weighted by Gasteiger charge is 2.47. The Kier molecular flexibility index (Phi) is 6.59. The van der Waals surface area contributed by atoms with Crippen molar-refractivity contribution < 1.29 is 34.1 Å². The number of benzene rings is 2. The van der Waals surface area contributed by atoms with Crippen LogP contribution in [0.1, 0.15) is 30.0 Å². The monoisotopic (exact) mass is 425 g/mol. The van der Waals surface area contributed by atoms with Gasteiger partial charge in [0.1, 0.15) is 17.3 Å². The minimum absolute atomic E-state index is 0.0213. The fourth-order valence-corrected chi connectivity index (χ4v) is 3.64. The fraction of sp³-hybridized carbons (Fsp3) is 0.261. The van der Waals surface area contributed by atoms with Gasteiger partial charge in [-0.15, -0.1) is 0 Å². The van der Waals surface area contributed by atoms with E-state index >= 15 is 0 Å². The summed E-state index contributed by atoms with van der Waals surface area (Å²) in [5.41, 5.74) is 0.754. The van der Waals surface area contributed by atoms with Gasteiger partial charge in [-0.3, -0.25) is 14.4 Å². The summed E-state index contributed by atoms with van der Waals surface area (Å²) in [5, 5.41) is 19.9. The van der Waals surface area contributed by atoms with Crippen LogP contribution in [0, 0.1) is 0 Å². The largest absolute Gasteiger partial charge is 0.507 e. The summed E-state index contributed by atoms with van der Waals surface area (Å²) in [6, 6.07) is 12.4. The number of hydrogen-bond acceptors (Lipinski definition) is 6. The number of aliphatic hydroxyl groups excluding tert-OH is 1. The van der Waals surface area contributed by atoms with Gasteiger partial charge in [-0.05, 0) is 24.6 Å². The Bertz CT molecular complexity index is 1030. The van der Waals surface area contributed by atoms with Gasteiger partial charge in [-0.25, -0.2) is 0 Å². The van der Waals surface area contributed by atoms with Gasteiger partial charge in [0.15, 0.2) is 0 Å². The third-order valence-corrected chi connectivity index (χ3v) is 5.11. The maximum Gasteiger partial charge on any atom is 0.303 e. The van der Waals surface area contributed by atoms with E-state index in [0.717, 1.165) is 0 Å². The maximum absolute atomic E-state index is 13.0. The van der Waals surface area contributed by atoms with E-state index in [0.29, 0.717) is 22.6 Å². The topological polar surface area (TPSA) is 113 Å². The smallest absolute Gasteiger partial charge is 0.303 e. The van der Waals surface area contributed by atoms with E-state index in [2.05, 4.69) is 0 Å². The Hall–Kier alpha value is -3.81. The quantitative estimate of drug-likeness (QED) is 0.380. The number of methoxy groups -OCH3 is 2. The van der Waals surface area contributed by atoms with Crippen molar-refractivity contribution in [1.29, 1.82) is 0 Å². The van der Waals surface area contributed by atoms with Crippen LogP contribution < -0.4 is 9.47 Å². The van der Waals surface area contributed by atoms with Crippen molar-refractivity contribution in [2.24, 2.45) is 0 Å². The molecule has 0 bridgehead atoms. The molecule has 162 valence electrons. The van der Waals surface area contributed by atoms with Crippen LogP contribution in [0.5, 0.6) is 11.5 Å². The van der Waals surface area contributed by atoms with Crippen molar-refractivity contribution in [1.82, 2.24) is 4.90 Å². The molecule has 0 spiro atoms. The first-order valence-corrected chi connectivity index (χ1v) is 9.66. The van der Waals surface area contributed by atoms with Crippen molar-refractivity contribution in [3.8, 4) is 11.5 Å². The van der Waals surface area contributed by atoms with Crippen molar-refractivity contribution in [2.45, 2.75) is 18.9 Å². The van der Waals surface area contributed by atoms with Crippen molar-refractivity contribution >= 4 is 23.4 Å². The van der Waals surface area contributed by atoms with Gasteiger partial charge in [0.05, 0.1) is 25.8 Å². The van der Waals surface area contributed by atoms with Crippen LogP contribution >= 0.6 is 0 Å². The molecule has 3 rings (SSSR count). The third-order valence-electron chi connectivity index (χ3n) is 5.11. The van der Waals surface area contributed by atoms with Crippen molar-refractivity contribution in [3.05, 3.63) is 65.2 Å². The van der Waals surface area contributed by atoms with Crippen molar-refractivity contribution in [3.63, 3.8) is 0 Å². The molecule has 0 saturated carbocycles. The zero-order valence-corrected chi connectivity index (χ0v) is 17.2. The SMILES string of the molecule is COc1ccc(OC)c(C2C(=C(O)c3ccccc3)C(=O)C(=O)N2CCCC(=O)O)c1. The lowest BCUT2D eigenvalue weighted by atomic mass is 9.94. The fourth-order valence-electron chi connectivity index (χ4n) is 3.64. The summed E-state index contributed by atoms with van der Waals surface area (Å²) in [5.74, 6) is -2.09. The number of carboxylic acid groups (broad SMARTS) is 1. The number of likely N-dealkylation sites (tertiary alicyclic amines) is 1. The molecule has 1 fully saturated rings. The van der Waals surface area contributed by atoms with E-state index in [1.165, 1.54) is 19.1 Å². The average molecular weight is 425 g/mol. The van der Waals surface area contributed by atoms with Gasteiger partial charge < -0.3 is 24.6 Å². The number of nitrogens with zero attached hydrogens (tertiary/aromatic N) is 1. The van der Waals surface area contributed by atoms with Crippen LogP contribution in [0.4, 0.5) is 0 Å². The number of aliphatic carboxylic acids is 1. The molecule has 1 atom stereocenters. The average Bonchev–Trinajstić information content (AvgIpc) is 3.03. The Morgan fingerprint density at radius 2 is 1.74 bits per heavy atom. The first-order valence-electron chi connectivity index (χ1n) is 9.66. The standard InChI is InChI=1S/C23H23NO7/c1-30-15-10-11-17(31-2)16(13-15)20-19(21(27)14-7-4-3-5-8-14)22(28)23(29)24(20)12-6-9-18(25)26/h3-5,7-8,10-11,13,20,27H,6,9,12H2,1-2H3,(H,25,26). The number of carboxylic acids is 1. The molecule has 2 aromatic carbocycles. The molecule has 0 aliphatic carbocycles. The molecular weight excluding hydrogens is 402 g/mol. The number of ketones is 1. The van der Waals surface area contributed by atoms with Gasteiger partial charge in [-0.1, -0.05) is 30.3 Å². The Morgan fingerprint density at radius 3 is 2.35 bits per heavy atom. The highest BCUT2D eigenvalue weighted by atomic mass is 16.5. The van der Waals surface area contributed by atoms with E-state index in [9.17, 15) is 19.5 Å². The van der Waals surface area contributed by atoms with E-state index < -0.39 is 23.7 Å². The first-order chi connectivity index (χ1) is 14.9. The van der Waals surface area contributed by atoms with Crippen LogP contribution in [0.25, 0.3) is 5.76 Å². The highest BCUT2D eigenvalue weighted by Crippen LogP contribution is 2.43.